The van der Waals surface area contributed by atoms with Gasteiger partial charge in [-0.25, -0.2) is 0 Å². The summed E-state index contributed by atoms with van der Waals surface area (Å²) in [7, 11) is -2.64. The molecule has 0 heterocycles. The Bertz CT molecular complexity index is 489. The van der Waals surface area contributed by atoms with Gasteiger partial charge in [0.1, 0.15) is 0 Å². The van der Waals surface area contributed by atoms with Crippen LogP contribution in [0, 0.1) is 0 Å². The molecular formula is C20H32O3Si. The van der Waals surface area contributed by atoms with Crippen molar-refractivity contribution in [1.82, 2.24) is 0 Å². The van der Waals surface area contributed by atoms with Crippen molar-refractivity contribution in [1.29, 1.82) is 0 Å². The number of hydrogen-bond acceptors (Lipinski definition) is 3. The fourth-order valence-electron chi connectivity index (χ4n) is 5.02. The molecule has 4 rings (SSSR count). The number of fused-ring (bicyclic) bond motifs is 3. The van der Waals surface area contributed by atoms with Crippen LogP contribution in [0.1, 0.15) is 64.9 Å². The first-order valence-electron chi connectivity index (χ1n) is 9.63. The van der Waals surface area contributed by atoms with Crippen LogP contribution in [0.25, 0.3) is 0 Å². The first-order chi connectivity index (χ1) is 11.7. The van der Waals surface area contributed by atoms with E-state index in [-0.39, 0.29) is 5.04 Å². The van der Waals surface area contributed by atoms with Crippen LogP contribution in [0.5, 0.6) is 0 Å². The van der Waals surface area contributed by atoms with E-state index in [1.807, 2.05) is 0 Å². The third-order valence-electron chi connectivity index (χ3n) is 6.29. The molecule has 3 fully saturated rings. The van der Waals surface area contributed by atoms with Gasteiger partial charge in [0.15, 0.2) is 0 Å². The van der Waals surface area contributed by atoms with Gasteiger partial charge in [0.05, 0.1) is 0 Å². The zero-order valence-corrected chi connectivity index (χ0v) is 16.5. The van der Waals surface area contributed by atoms with Crippen molar-refractivity contribution in [3.8, 4) is 0 Å². The zero-order chi connectivity index (χ0) is 17.1. The molecule has 0 saturated heterocycles. The molecule has 3 aliphatic carbocycles. The molecule has 3 saturated carbocycles. The van der Waals surface area contributed by atoms with Crippen LogP contribution in [0.3, 0.4) is 0 Å². The maximum atomic E-state index is 6.30. The summed E-state index contributed by atoms with van der Waals surface area (Å²) < 4.78 is 18.9. The number of benzene rings is 1. The van der Waals surface area contributed by atoms with Gasteiger partial charge in [0.25, 0.3) is 0 Å². The predicted molar refractivity (Wildman–Crippen MR) is 99.1 cm³/mol. The fraction of sp³-hybridized carbons (Fsp3) is 0.700. The summed E-state index contributed by atoms with van der Waals surface area (Å²) in [6.45, 7) is 8.23. The van der Waals surface area contributed by atoms with Gasteiger partial charge >= 0.3 is 8.80 Å². The molecule has 0 spiro atoms. The molecule has 0 N–H and O–H groups in total. The smallest absolute Gasteiger partial charge is 0.373 e. The van der Waals surface area contributed by atoms with E-state index in [9.17, 15) is 0 Å². The molecule has 0 radical (unpaired) electrons. The Morgan fingerprint density at radius 1 is 0.750 bits per heavy atom. The lowest BCUT2D eigenvalue weighted by Crippen LogP contribution is -2.61. The highest BCUT2D eigenvalue weighted by atomic mass is 28.4. The Labute approximate surface area is 148 Å². The van der Waals surface area contributed by atoms with Gasteiger partial charge in [-0.1, -0.05) is 30.3 Å². The van der Waals surface area contributed by atoms with Crippen LogP contribution >= 0.6 is 0 Å². The highest BCUT2D eigenvalue weighted by Crippen LogP contribution is 2.65. The first-order valence-corrected chi connectivity index (χ1v) is 11.4. The fourth-order valence-corrected chi connectivity index (χ4v) is 8.63. The minimum absolute atomic E-state index is 0.131. The molecule has 0 aromatic heterocycles. The Balaban J connectivity index is 1.86. The number of hydrogen-bond donors (Lipinski definition) is 0. The first kappa shape index (κ1) is 18.1. The number of rotatable bonds is 8. The van der Waals surface area contributed by atoms with Crippen molar-refractivity contribution in [2.75, 3.05) is 19.8 Å². The quantitative estimate of drug-likeness (QED) is 0.613. The van der Waals surface area contributed by atoms with E-state index < -0.39 is 8.80 Å². The van der Waals surface area contributed by atoms with E-state index in [0.29, 0.717) is 25.2 Å². The minimum atomic E-state index is -2.64. The summed E-state index contributed by atoms with van der Waals surface area (Å²) in [5.41, 5.74) is 1.89. The molecule has 1 aromatic rings. The van der Waals surface area contributed by atoms with E-state index >= 15 is 0 Å². The van der Waals surface area contributed by atoms with Gasteiger partial charge < -0.3 is 13.3 Å². The third-order valence-corrected chi connectivity index (χ3v) is 10.3. The summed E-state index contributed by atoms with van der Waals surface area (Å²) in [6.07, 6.45) is 7.23. The Kier molecular flexibility index (Phi) is 5.50. The topological polar surface area (TPSA) is 27.7 Å². The van der Waals surface area contributed by atoms with Gasteiger partial charge in [-0.15, -0.1) is 0 Å². The van der Waals surface area contributed by atoms with Crippen molar-refractivity contribution in [3.63, 3.8) is 0 Å². The van der Waals surface area contributed by atoms with Crippen LogP contribution in [0.2, 0.25) is 5.04 Å². The summed E-state index contributed by atoms with van der Waals surface area (Å²) >= 11 is 0. The van der Waals surface area contributed by atoms with Crippen molar-refractivity contribution >= 4 is 8.80 Å². The molecule has 0 amide bonds. The third kappa shape index (κ3) is 2.88. The average molecular weight is 349 g/mol. The average Bonchev–Trinajstić information content (AvgIpc) is 2.64. The van der Waals surface area contributed by atoms with Crippen LogP contribution in [0.4, 0.5) is 0 Å². The van der Waals surface area contributed by atoms with Crippen molar-refractivity contribution in [3.05, 3.63) is 35.9 Å². The normalized spacial score (nSPS) is 29.8. The molecule has 24 heavy (non-hydrogen) atoms. The largest absolute Gasteiger partial charge is 0.507 e. The maximum Gasteiger partial charge on any atom is 0.507 e. The molecule has 3 aliphatic rings. The lowest BCUT2D eigenvalue weighted by Gasteiger charge is -2.57. The molecule has 0 unspecified atom stereocenters. The predicted octanol–water partition coefficient (Wildman–Crippen LogP) is 5.08. The standard InChI is InChI=1S/C20H32O3Si/c1-4-21-24(22-5-2,23-6-3)20-15-12-19(13-16-20,14-17-20)18-10-8-7-9-11-18/h7-11H,4-6,12-17H2,1-3H3. The zero-order valence-electron chi connectivity index (χ0n) is 15.5. The van der Waals surface area contributed by atoms with Crippen LogP contribution in [-0.2, 0) is 18.7 Å². The molecular weight excluding hydrogens is 316 g/mol. The molecule has 0 aliphatic heterocycles. The van der Waals surface area contributed by atoms with Gasteiger partial charge in [-0.05, 0) is 70.3 Å². The van der Waals surface area contributed by atoms with E-state index in [0.717, 1.165) is 0 Å². The van der Waals surface area contributed by atoms with E-state index in [4.69, 9.17) is 13.3 Å². The lowest BCUT2D eigenvalue weighted by atomic mass is 9.57. The van der Waals surface area contributed by atoms with E-state index in [1.165, 1.54) is 44.1 Å². The van der Waals surface area contributed by atoms with Crippen LogP contribution < -0.4 is 0 Å². The summed E-state index contributed by atoms with van der Waals surface area (Å²) in [4.78, 5) is 0. The molecule has 1 aromatic carbocycles. The molecule has 134 valence electrons. The highest BCUT2D eigenvalue weighted by Gasteiger charge is 2.65. The van der Waals surface area contributed by atoms with Crippen LogP contribution in [-0.4, -0.2) is 28.6 Å². The Morgan fingerprint density at radius 2 is 1.21 bits per heavy atom. The summed E-state index contributed by atoms with van der Waals surface area (Å²) in [6, 6.07) is 11.1. The molecule has 4 heteroatoms. The lowest BCUT2D eigenvalue weighted by molar-refractivity contribution is 0.00614. The van der Waals surface area contributed by atoms with E-state index in [1.54, 1.807) is 0 Å². The van der Waals surface area contributed by atoms with Crippen molar-refractivity contribution in [2.45, 2.75) is 69.7 Å². The second-order valence-electron chi connectivity index (χ2n) is 7.28. The minimum Gasteiger partial charge on any atom is -0.373 e. The van der Waals surface area contributed by atoms with Crippen molar-refractivity contribution in [2.24, 2.45) is 0 Å². The molecule has 3 nitrogen and oxygen atoms in total. The maximum absolute atomic E-state index is 6.30. The van der Waals surface area contributed by atoms with Gasteiger partial charge in [0.2, 0.25) is 0 Å². The Hall–Kier alpha value is -0.683. The molecule has 0 atom stereocenters. The second kappa shape index (κ2) is 7.28. The molecule has 2 bridgehead atoms. The summed E-state index contributed by atoms with van der Waals surface area (Å²) in [5, 5.41) is 0.131. The highest BCUT2D eigenvalue weighted by molar-refractivity contribution is 6.64. The van der Waals surface area contributed by atoms with Crippen molar-refractivity contribution < 1.29 is 13.3 Å². The summed E-state index contributed by atoms with van der Waals surface area (Å²) in [5.74, 6) is 0. The van der Waals surface area contributed by atoms with Gasteiger partial charge in [-0.2, -0.15) is 0 Å². The van der Waals surface area contributed by atoms with Crippen LogP contribution in [0.15, 0.2) is 30.3 Å². The monoisotopic (exact) mass is 348 g/mol. The SMILES string of the molecule is CCO[Si](OCC)(OCC)C12CCC(c3ccccc3)(CC1)CC2. The van der Waals surface area contributed by atoms with E-state index in [2.05, 4.69) is 51.1 Å². The van der Waals surface area contributed by atoms with Gasteiger partial charge in [-0.3, -0.25) is 0 Å². The van der Waals surface area contributed by atoms with Gasteiger partial charge in [0, 0.05) is 24.9 Å². The Morgan fingerprint density at radius 3 is 1.62 bits per heavy atom. The second-order valence-corrected chi connectivity index (χ2v) is 10.3.